The molecule has 2 nitrogen and oxygen atoms in total. The second-order valence-corrected chi connectivity index (χ2v) is 5.49. The van der Waals surface area contributed by atoms with Crippen LogP contribution in [0.5, 0.6) is 5.75 Å². The normalized spacial score (nSPS) is 12.2. The number of aryl methyl sites for hydroxylation is 3. The van der Waals surface area contributed by atoms with E-state index in [0.717, 1.165) is 12.2 Å². The van der Waals surface area contributed by atoms with Gasteiger partial charge < -0.3 is 10.5 Å². The Kier molecular flexibility index (Phi) is 4.46. The maximum atomic E-state index is 6.40. The average Bonchev–Trinajstić information content (AvgIpc) is 2.38. The summed E-state index contributed by atoms with van der Waals surface area (Å²) in [4.78, 5) is 0. The predicted octanol–water partition coefficient (Wildman–Crippen LogP) is 3.86. The van der Waals surface area contributed by atoms with E-state index >= 15 is 0 Å². The van der Waals surface area contributed by atoms with E-state index in [4.69, 9.17) is 10.5 Å². The van der Waals surface area contributed by atoms with Gasteiger partial charge in [-0.3, -0.25) is 0 Å². The van der Waals surface area contributed by atoms with Gasteiger partial charge in [-0.2, -0.15) is 0 Å². The Balaban J connectivity index is 2.27. The number of hydrogen-bond acceptors (Lipinski definition) is 2. The third kappa shape index (κ3) is 3.20. The van der Waals surface area contributed by atoms with E-state index in [1.54, 1.807) is 7.11 Å². The van der Waals surface area contributed by atoms with E-state index < -0.39 is 0 Å². The zero-order valence-electron chi connectivity index (χ0n) is 12.7. The lowest BCUT2D eigenvalue weighted by Crippen LogP contribution is -2.15. The topological polar surface area (TPSA) is 35.2 Å². The van der Waals surface area contributed by atoms with Gasteiger partial charge >= 0.3 is 0 Å². The van der Waals surface area contributed by atoms with Crippen molar-refractivity contribution in [2.24, 2.45) is 5.73 Å². The van der Waals surface area contributed by atoms with Gasteiger partial charge in [0, 0.05) is 6.04 Å². The number of rotatable bonds is 4. The van der Waals surface area contributed by atoms with E-state index in [9.17, 15) is 0 Å². The van der Waals surface area contributed by atoms with E-state index in [1.165, 1.54) is 27.8 Å². The Bertz CT molecular complexity index is 604. The first-order valence-electron chi connectivity index (χ1n) is 6.97. The van der Waals surface area contributed by atoms with E-state index in [0.29, 0.717) is 0 Å². The van der Waals surface area contributed by atoms with Crippen molar-refractivity contribution in [2.45, 2.75) is 33.2 Å². The minimum atomic E-state index is -0.00806. The van der Waals surface area contributed by atoms with Crippen LogP contribution < -0.4 is 10.5 Å². The summed E-state index contributed by atoms with van der Waals surface area (Å²) in [6, 6.07) is 12.7. The number of nitrogens with two attached hydrogens (primary N) is 1. The average molecular weight is 269 g/mol. The number of methoxy groups -OCH3 is 1. The summed E-state index contributed by atoms with van der Waals surface area (Å²) in [5.74, 6) is 0.913. The summed E-state index contributed by atoms with van der Waals surface area (Å²) in [7, 11) is 1.71. The largest absolute Gasteiger partial charge is 0.496 e. The van der Waals surface area contributed by atoms with Crippen LogP contribution in [0.1, 0.15) is 33.9 Å². The van der Waals surface area contributed by atoms with Gasteiger partial charge in [0.2, 0.25) is 0 Å². The molecule has 0 radical (unpaired) electrons. The Morgan fingerprint density at radius 2 is 1.65 bits per heavy atom. The van der Waals surface area contributed by atoms with Crippen LogP contribution >= 0.6 is 0 Å². The van der Waals surface area contributed by atoms with E-state index in [1.807, 2.05) is 6.07 Å². The van der Waals surface area contributed by atoms with Gasteiger partial charge in [-0.1, -0.05) is 41.5 Å². The minimum absolute atomic E-state index is 0.00806. The zero-order chi connectivity index (χ0) is 14.7. The van der Waals surface area contributed by atoms with Crippen molar-refractivity contribution in [3.8, 4) is 5.75 Å². The molecule has 0 fully saturated rings. The van der Waals surface area contributed by atoms with Gasteiger partial charge in [-0.15, -0.1) is 0 Å². The molecule has 0 aliphatic heterocycles. The highest BCUT2D eigenvalue weighted by Gasteiger charge is 2.13. The fourth-order valence-electron chi connectivity index (χ4n) is 2.66. The van der Waals surface area contributed by atoms with Crippen molar-refractivity contribution < 1.29 is 4.74 Å². The van der Waals surface area contributed by atoms with Crippen LogP contribution in [0.4, 0.5) is 0 Å². The summed E-state index contributed by atoms with van der Waals surface area (Å²) in [6.07, 6.45) is 0.786. The van der Waals surface area contributed by atoms with Crippen LogP contribution in [0.25, 0.3) is 0 Å². The van der Waals surface area contributed by atoms with Crippen LogP contribution in [0.3, 0.4) is 0 Å². The molecule has 1 atom stereocenters. The smallest absolute Gasteiger partial charge is 0.122 e. The van der Waals surface area contributed by atoms with Crippen LogP contribution in [0, 0.1) is 20.8 Å². The van der Waals surface area contributed by atoms with Crippen LogP contribution in [0.2, 0.25) is 0 Å². The first-order valence-corrected chi connectivity index (χ1v) is 6.97. The van der Waals surface area contributed by atoms with Crippen LogP contribution in [-0.4, -0.2) is 7.11 Å². The van der Waals surface area contributed by atoms with E-state index in [2.05, 4.69) is 51.1 Å². The monoisotopic (exact) mass is 269 g/mol. The Morgan fingerprint density at radius 3 is 2.30 bits per heavy atom. The van der Waals surface area contributed by atoms with Crippen LogP contribution in [0.15, 0.2) is 36.4 Å². The minimum Gasteiger partial charge on any atom is -0.496 e. The van der Waals surface area contributed by atoms with Crippen molar-refractivity contribution in [3.05, 3.63) is 64.2 Å². The van der Waals surface area contributed by atoms with Crippen molar-refractivity contribution in [1.29, 1.82) is 0 Å². The molecule has 0 amide bonds. The SMILES string of the molecule is COc1ccc(C)cc1CC(N)c1ccc(C)cc1C. The molecule has 1 unspecified atom stereocenters. The molecule has 0 aliphatic rings. The number of benzene rings is 2. The molecule has 0 saturated carbocycles. The maximum Gasteiger partial charge on any atom is 0.122 e. The second kappa shape index (κ2) is 6.10. The van der Waals surface area contributed by atoms with Crippen molar-refractivity contribution >= 4 is 0 Å². The Hall–Kier alpha value is -1.80. The van der Waals surface area contributed by atoms with E-state index in [-0.39, 0.29) is 6.04 Å². The summed E-state index contributed by atoms with van der Waals surface area (Å²) >= 11 is 0. The molecule has 2 rings (SSSR count). The zero-order valence-corrected chi connectivity index (χ0v) is 12.7. The van der Waals surface area contributed by atoms with Gasteiger partial charge in [0.1, 0.15) is 5.75 Å². The first kappa shape index (κ1) is 14.6. The molecule has 2 aromatic carbocycles. The number of ether oxygens (including phenoxy) is 1. The molecular weight excluding hydrogens is 246 g/mol. The summed E-state index contributed by atoms with van der Waals surface area (Å²) in [5, 5.41) is 0. The highest BCUT2D eigenvalue weighted by atomic mass is 16.5. The quantitative estimate of drug-likeness (QED) is 0.914. The lowest BCUT2D eigenvalue weighted by Gasteiger charge is -2.17. The highest BCUT2D eigenvalue weighted by Crippen LogP contribution is 2.26. The third-order valence-electron chi connectivity index (χ3n) is 3.70. The van der Waals surface area contributed by atoms with Gasteiger partial charge in [-0.05, 0) is 49.9 Å². The summed E-state index contributed by atoms with van der Waals surface area (Å²) < 4.78 is 5.43. The molecule has 0 heterocycles. The fraction of sp³-hybridized carbons (Fsp3) is 0.333. The molecule has 20 heavy (non-hydrogen) atoms. The predicted molar refractivity (Wildman–Crippen MR) is 84.3 cm³/mol. The van der Waals surface area contributed by atoms with Crippen molar-refractivity contribution in [1.82, 2.24) is 0 Å². The maximum absolute atomic E-state index is 6.40. The molecule has 106 valence electrons. The summed E-state index contributed by atoms with van der Waals surface area (Å²) in [6.45, 7) is 6.31. The molecule has 0 aromatic heterocycles. The molecule has 2 heteroatoms. The Morgan fingerprint density at radius 1 is 1.00 bits per heavy atom. The fourth-order valence-corrected chi connectivity index (χ4v) is 2.66. The molecule has 0 saturated heterocycles. The molecular formula is C18H23NO. The highest BCUT2D eigenvalue weighted by molar-refractivity contribution is 5.40. The van der Waals surface area contributed by atoms with Gasteiger partial charge in [0.15, 0.2) is 0 Å². The molecule has 2 N–H and O–H groups in total. The molecule has 0 spiro atoms. The van der Waals surface area contributed by atoms with Gasteiger partial charge in [0.25, 0.3) is 0 Å². The first-order chi connectivity index (χ1) is 9.51. The second-order valence-electron chi connectivity index (χ2n) is 5.49. The lowest BCUT2D eigenvalue weighted by molar-refractivity contribution is 0.408. The number of hydrogen-bond donors (Lipinski definition) is 1. The molecule has 2 aromatic rings. The van der Waals surface area contributed by atoms with Crippen molar-refractivity contribution in [3.63, 3.8) is 0 Å². The van der Waals surface area contributed by atoms with Gasteiger partial charge in [-0.25, -0.2) is 0 Å². The summed E-state index contributed by atoms with van der Waals surface area (Å²) in [5.41, 5.74) is 12.5. The lowest BCUT2D eigenvalue weighted by atomic mass is 9.94. The molecule has 0 aliphatic carbocycles. The standard InChI is InChI=1S/C18H23NO/c1-12-5-7-16(14(3)9-12)17(19)11-15-10-13(2)6-8-18(15)20-4/h5-10,17H,11,19H2,1-4H3. The molecule has 0 bridgehead atoms. The van der Waals surface area contributed by atoms with Gasteiger partial charge in [0.05, 0.1) is 7.11 Å². The van der Waals surface area contributed by atoms with Crippen LogP contribution in [-0.2, 0) is 6.42 Å². The third-order valence-corrected chi connectivity index (χ3v) is 3.70. The van der Waals surface area contributed by atoms with Crippen molar-refractivity contribution in [2.75, 3.05) is 7.11 Å². The Labute approximate surface area is 121 Å².